The molecule has 0 atom stereocenters. The molecule has 4 rings (SSSR count). The van der Waals surface area contributed by atoms with Gasteiger partial charge in [0.25, 0.3) is 0 Å². The van der Waals surface area contributed by atoms with Crippen molar-refractivity contribution >= 4 is 32.5 Å². The highest BCUT2D eigenvalue weighted by Gasteiger charge is 2.20. The standard InChI is InChI=1S/C21H18FN7O2S/c1-32(30,31)17-4-2-3-16-19(17)29(11-13-5-7-14(22)8-6-13)18(28-16)10-25-21-15(9-23)20(24)26-12-27-21/h2-8,12H,10-11H2,1H3,(H3,24,25,26,27). The summed E-state index contributed by atoms with van der Waals surface area (Å²) >= 11 is 0. The van der Waals surface area contributed by atoms with Gasteiger partial charge in [-0.2, -0.15) is 5.26 Å². The second-order valence-corrected chi connectivity index (χ2v) is 9.07. The quantitative estimate of drug-likeness (QED) is 0.456. The first kappa shape index (κ1) is 21.2. The van der Waals surface area contributed by atoms with Gasteiger partial charge in [0, 0.05) is 12.8 Å². The highest BCUT2D eigenvalue weighted by molar-refractivity contribution is 7.91. The average molecular weight is 451 g/mol. The van der Waals surface area contributed by atoms with E-state index >= 15 is 0 Å². The van der Waals surface area contributed by atoms with Crippen molar-refractivity contribution in [3.05, 3.63) is 71.6 Å². The topological polar surface area (TPSA) is 140 Å². The van der Waals surface area contributed by atoms with Crippen molar-refractivity contribution in [2.75, 3.05) is 17.3 Å². The lowest BCUT2D eigenvalue weighted by molar-refractivity contribution is 0.602. The highest BCUT2D eigenvalue weighted by Crippen LogP contribution is 2.26. The van der Waals surface area contributed by atoms with Gasteiger partial charge in [-0.3, -0.25) is 0 Å². The van der Waals surface area contributed by atoms with E-state index in [1.165, 1.54) is 24.5 Å². The molecule has 2 heterocycles. The molecule has 0 aliphatic carbocycles. The minimum Gasteiger partial charge on any atom is -0.382 e. The molecular weight excluding hydrogens is 433 g/mol. The molecule has 0 unspecified atom stereocenters. The third kappa shape index (κ3) is 4.08. The minimum absolute atomic E-state index is 0.0455. The number of nitrogens with one attached hydrogen (secondary N) is 1. The Kier molecular flexibility index (Phi) is 5.46. The normalized spacial score (nSPS) is 11.4. The van der Waals surface area contributed by atoms with Gasteiger partial charge in [0.05, 0.1) is 22.5 Å². The van der Waals surface area contributed by atoms with Crippen molar-refractivity contribution in [2.45, 2.75) is 18.0 Å². The maximum atomic E-state index is 13.4. The van der Waals surface area contributed by atoms with E-state index in [-0.39, 0.29) is 41.0 Å². The van der Waals surface area contributed by atoms with E-state index < -0.39 is 9.84 Å². The number of hydrogen-bond acceptors (Lipinski definition) is 8. The number of benzene rings is 2. The Hall–Kier alpha value is -4.04. The molecule has 4 aromatic rings. The van der Waals surface area contributed by atoms with Crippen LogP contribution < -0.4 is 11.1 Å². The van der Waals surface area contributed by atoms with Crippen molar-refractivity contribution in [3.63, 3.8) is 0 Å². The van der Waals surface area contributed by atoms with E-state index in [0.29, 0.717) is 16.9 Å². The molecule has 2 aromatic carbocycles. The van der Waals surface area contributed by atoms with Gasteiger partial charge in [0.2, 0.25) is 0 Å². The van der Waals surface area contributed by atoms with Crippen molar-refractivity contribution in [1.29, 1.82) is 5.26 Å². The number of nitriles is 1. The summed E-state index contributed by atoms with van der Waals surface area (Å²) in [4.78, 5) is 12.6. The number of fused-ring (bicyclic) bond motifs is 1. The largest absolute Gasteiger partial charge is 0.382 e. The zero-order valence-electron chi connectivity index (χ0n) is 16.9. The summed E-state index contributed by atoms with van der Waals surface area (Å²) in [7, 11) is -3.54. The summed E-state index contributed by atoms with van der Waals surface area (Å²) in [6.07, 6.45) is 2.37. The Morgan fingerprint density at radius 3 is 2.62 bits per heavy atom. The monoisotopic (exact) mass is 451 g/mol. The molecule has 0 spiro atoms. The lowest BCUT2D eigenvalue weighted by Crippen LogP contribution is -2.13. The van der Waals surface area contributed by atoms with Gasteiger partial charge >= 0.3 is 0 Å². The van der Waals surface area contributed by atoms with Crippen LogP contribution in [0.2, 0.25) is 0 Å². The lowest BCUT2D eigenvalue weighted by Gasteiger charge is -2.13. The maximum absolute atomic E-state index is 13.4. The molecule has 0 bridgehead atoms. The Bertz CT molecular complexity index is 1460. The number of sulfone groups is 1. The van der Waals surface area contributed by atoms with Crippen molar-refractivity contribution in [1.82, 2.24) is 19.5 Å². The summed E-state index contributed by atoms with van der Waals surface area (Å²) in [5.41, 5.74) is 7.55. The van der Waals surface area contributed by atoms with Crippen LogP contribution in [0.3, 0.4) is 0 Å². The molecule has 0 fully saturated rings. The molecule has 11 heteroatoms. The lowest BCUT2D eigenvalue weighted by atomic mass is 10.2. The average Bonchev–Trinajstić information content (AvgIpc) is 3.10. The van der Waals surface area contributed by atoms with Crippen LogP contribution in [0.15, 0.2) is 53.7 Å². The number of nitrogen functional groups attached to an aromatic ring is 1. The zero-order valence-corrected chi connectivity index (χ0v) is 17.8. The van der Waals surface area contributed by atoms with Gasteiger partial charge in [-0.1, -0.05) is 18.2 Å². The van der Waals surface area contributed by atoms with Crippen molar-refractivity contribution < 1.29 is 12.8 Å². The van der Waals surface area contributed by atoms with Crippen LogP contribution in [0.5, 0.6) is 0 Å². The molecule has 0 aliphatic heterocycles. The second kappa shape index (κ2) is 8.24. The van der Waals surface area contributed by atoms with E-state index in [0.717, 1.165) is 11.8 Å². The molecule has 9 nitrogen and oxygen atoms in total. The first-order valence-corrected chi connectivity index (χ1v) is 11.3. The van der Waals surface area contributed by atoms with Gasteiger partial charge in [-0.25, -0.2) is 27.8 Å². The third-order valence-corrected chi connectivity index (χ3v) is 5.99. The predicted molar refractivity (Wildman–Crippen MR) is 117 cm³/mol. The number of halogens is 1. The fourth-order valence-corrected chi connectivity index (χ4v) is 4.28. The van der Waals surface area contributed by atoms with Gasteiger partial charge in [0.15, 0.2) is 9.84 Å². The van der Waals surface area contributed by atoms with E-state index in [1.807, 2.05) is 6.07 Å². The van der Waals surface area contributed by atoms with Gasteiger partial charge in [-0.15, -0.1) is 0 Å². The molecular formula is C21H18FN7O2S. The first-order valence-electron chi connectivity index (χ1n) is 9.45. The molecule has 0 saturated heterocycles. The summed E-state index contributed by atoms with van der Waals surface area (Å²) in [5.74, 6) is 0.419. The SMILES string of the molecule is CS(=O)(=O)c1cccc2nc(CNc3ncnc(N)c3C#N)n(Cc3ccc(F)cc3)c12. The van der Waals surface area contributed by atoms with Crippen LogP contribution >= 0.6 is 0 Å². The fraction of sp³-hybridized carbons (Fsp3) is 0.143. The predicted octanol–water partition coefficient (Wildman–Crippen LogP) is 2.48. The number of hydrogen-bond donors (Lipinski definition) is 2. The van der Waals surface area contributed by atoms with Crippen LogP contribution in [0, 0.1) is 17.1 Å². The fourth-order valence-electron chi connectivity index (χ4n) is 3.38. The number of imidazole rings is 1. The summed E-state index contributed by atoms with van der Waals surface area (Å²) in [6, 6.07) is 12.8. The molecule has 0 aliphatic rings. The summed E-state index contributed by atoms with van der Waals surface area (Å²) < 4.78 is 40.0. The zero-order chi connectivity index (χ0) is 22.9. The third-order valence-electron chi connectivity index (χ3n) is 4.86. The Morgan fingerprint density at radius 2 is 1.94 bits per heavy atom. The van der Waals surface area contributed by atoms with Crippen LogP contribution in [0.4, 0.5) is 16.0 Å². The number of nitrogens with two attached hydrogens (primary N) is 1. The number of nitrogens with zero attached hydrogens (tertiary/aromatic N) is 5. The van der Waals surface area contributed by atoms with Gasteiger partial charge < -0.3 is 15.6 Å². The number of rotatable bonds is 6. The van der Waals surface area contributed by atoms with E-state index in [9.17, 15) is 18.1 Å². The highest BCUT2D eigenvalue weighted by atomic mass is 32.2. The molecule has 0 saturated carbocycles. The van der Waals surface area contributed by atoms with E-state index in [4.69, 9.17) is 5.73 Å². The second-order valence-electron chi connectivity index (χ2n) is 7.08. The molecule has 32 heavy (non-hydrogen) atoms. The molecule has 0 amide bonds. The number of anilines is 2. The van der Waals surface area contributed by atoms with Crippen molar-refractivity contribution in [2.24, 2.45) is 0 Å². The van der Waals surface area contributed by atoms with Gasteiger partial charge in [0.1, 0.15) is 41.2 Å². The van der Waals surface area contributed by atoms with Crippen LogP contribution in [-0.4, -0.2) is 34.2 Å². The molecule has 162 valence electrons. The van der Waals surface area contributed by atoms with E-state index in [1.54, 1.807) is 28.8 Å². The van der Waals surface area contributed by atoms with Gasteiger partial charge in [-0.05, 0) is 29.8 Å². The molecule has 2 aromatic heterocycles. The summed E-state index contributed by atoms with van der Waals surface area (Å²) in [5, 5.41) is 12.4. The van der Waals surface area contributed by atoms with E-state index in [2.05, 4.69) is 20.3 Å². The smallest absolute Gasteiger partial charge is 0.177 e. The Labute approximate surface area is 183 Å². The van der Waals surface area contributed by atoms with Crippen molar-refractivity contribution in [3.8, 4) is 6.07 Å². The minimum atomic E-state index is -3.54. The number of aromatic nitrogens is 4. The number of para-hydroxylation sites is 1. The Morgan fingerprint density at radius 1 is 1.19 bits per heavy atom. The summed E-state index contributed by atoms with van der Waals surface area (Å²) in [6.45, 7) is 0.390. The molecule has 0 radical (unpaired) electrons. The first-order chi connectivity index (χ1) is 15.3. The van der Waals surface area contributed by atoms with Crippen LogP contribution in [-0.2, 0) is 22.9 Å². The Balaban J connectivity index is 1.82. The maximum Gasteiger partial charge on any atom is 0.177 e. The molecule has 3 N–H and O–H groups in total. The van der Waals surface area contributed by atoms with Crippen LogP contribution in [0.25, 0.3) is 11.0 Å². The van der Waals surface area contributed by atoms with Crippen LogP contribution in [0.1, 0.15) is 17.0 Å².